The maximum absolute atomic E-state index is 11.9. The maximum Gasteiger partial charge on any atom is 0.253 e. The van der Waals surface area contributed by atoms with E-state index in [9.17, 15) is 9.90 Å². The third kappa shape index (κ3) is 3.86. The third-order valence-electron chi connectivity index (χ3n) is 3.05. The van der Waals surface area contributed by atoms with Gasteiger partial charge in [0.1, 0.15) is 0 Å². The highest BCUT2D eigenvalue weighted by Gasteiger charge is 2.15. The number of amides is 1. The maximum atomic E-state index is 11.9. The molecule has 0 fully saturated rings. The first kappa shape index (κ1) is 15.3. The molecule has 0 saturated heterocycles. The second-order valence-corrected chi connectivity index (χ2v) is 5.18. The van der Waals surface area contributed by atoms with Gasteiger partial charge in [-0.3, -0.25) is 4.79 Å². The van der Waals surface area contributed by atoms with Crippen molar-refractivity contribution in [2.24, 2.45) is 5.92 Å². The number of anilines is 2. The van der Waals surface area contributed by atoms with Crippen LogP contribution in [-0.2, 0) is 0 Å². The van der Waals surface area contributed by atoms with Gasteiger partial charge in [0, 0.05) is 19.7 Å². The fourth-order valence-corrected chi connectivity index (χ4v) is 1.70. The molecule has 19 heavy (non-hydrogen) atoms. The van der Waals surface area contributed by atoms with E-state index >= 15 is 0 Å². The van der Waals surface area contributed by atoms with Gasteiger partial charge in [0.15, 0.2) is 0 Å². The van der Waals surface area contributed by atoms with Gasteiger partial charge in [-0.1, -0.05) is 13.8 Å². The number of benzene rings is 1. The van der Waals surface area contributed by atoms with E-state index in [-0.39, 0.29) is 24.5 Å². The number of hydrogen-bond donors (Lipinski definition) is 3. The molecule has 0 aromatic heterocycles. The normalized spacial score (nSPS) is 12.3. The van der Waals surface area contributed by atoms with Crippen LogP contribution in [0.2, 0.25) is 0 Å². The van der Waals surface area contributed by atoms with E-state index in [1.54, 1.807) is 32.3 Å². The molecule has 1 aromatic carbocycles. The second kappa shape index (κ2) is 6.43. The van der Waals surface area contributed by atoms with Crippen LogP contribution in [0.3, 0.4) is 0 Å². The summed E-state index contributed by atoms with van der Waals surface area (Å²) < 4.78 is 0. The van der Waals surface area contributed by atoms with Crippen LogP contribution >= 0.6 is 0 Å². The summed E-state index contributed by atoms with van der Waals surface area (Å²) in [5.74, 6) is 0.186. The number of carbonyl (C=O) groups excluding carboxylic acids is 1. The number of carbonyl (C=O) groups is 1. The molecule has 5 nitrogen and oxygen atoms in total. The van der Waals surface area contributed by atoms with Crippen LogP contribution in [0.5, 0.6) is 0 Å². The van der Waals surface area contributed by atoms with Crippen LogP contribution in [0.15, 0.2) is 18.2 Å². The molecule has 1 rings (SSSR count). The van der Waals surface area contributed by atoms with E-state index in [1.807, 2.05) is 13.8 Å². The molecule has 0 aliphatic rings. The van der Waals surface area contributed by atoms with Gasteiger partial charge in [-0.15, -0.1) is 0 Å². The Bertz CT molecular complexity index is 444. The van der Waals surface area contributed by atoms with Crippen LogP contribution in [-0.4, -0.2) is 42.7 Å². The Kier molecular flexibility index (Phi) is 5.18. The number of rotatable bonds is 5. The van der Waals surface area contributed by atoms with Gasteiger partial charge in [0.25, 0.3) is 5.91 Å². The fraction of sp³-hybridized carbons (Fsp3) is 0.500. The highest BCUT2D eigenvalue weighted by Crippen LogP contribution is 2.23. The number of nitrogens with zero attached hydrogens (tertiary/aromatic N) is 1. The predicted octanol–water partition coefficient (Wildman–Crippen LogP) is 1.40. The van der Waals surface area contributed by atoms with Crippen molar-refractivity contribution < 1.29 is 9.90 Å². The second-order valence-electron chi connectivity index (χ2n) is 5.18. The Morgan fingerprint density at radius 2 is 2.05 bits per heavy atom. The minimum atomic E-state index is -0.0907. The summed E-state index contributed by atoms with van der Waals surface area (Å²) >= 11 is 0. The number of nitrogens with one attached hydrogen (secondary N) is 1. The highest BCUT2D eigenvalue weighted by molar-refractivity contribution is 5.95. The average Bonchev–Trinajstić information content (AvgIpc) is 2.36. The van der Waals surface area contributed by atoms with Gasteiger partial charge in [-0.25, -0.2) is 0 Å². The summed E-state index contributed by atoms with van der Waals surface area (Å²) in [7, 11) is 3.41. The molecule has 0 radical (unpaired) electrons. The van der Waals surface area contributed by atoms with Crippen molar-refractivity contribution in [3.8, 4) is 0 Å². The quantitative estimate of drug-likeness (QED) is 0.703. The highest BCUT2D eigenvalue weighted by atomic mass is 16.3. The monoisotopic (exact) mass is 265 g/mol. The molecule has 1 aromatic rings. The van der Waals surface area contributed by atoms with Crippen LogP contribution in [0, 0.1) is 5.92 Å². The standard InChI is InChI=1S/C14H23N3O2/c1-9(2)13(8-18)16-12-7-10(5-6-11(12)15)14(19)17(3)4/h5-7,9,13,16,18H,8,15H2,1-4H3/t13-/m1/s1. The molecule has 4 N–H and O–H groups in total. The largest absolute Gasteiger partial charge is 0.397 e. The number of aliphatic hydroxyl groups is 1. The SMILES string of the molecule is CC(C)[C@@H](CO)Nc1cc(C(=O)N(C)C)ccc1N. The number of nitrogen functional groups attached to an aromatic ring is 1. The molecule has 1 atom stereocenters. The first-order valence-corrected chi connectivity index (χ1v) is 6.35. The summed E-state index contributed by atoms with van der Waals surface area (Å²) in [6, 6.07) is 5.04. The Hall–Kier alpha value is -1.75. The third-order valence-corrected chi connectivity index (χ3v) is 3.05. The Labute approximate surface area is 114 Å². The molecule has 1 amide bonds. The lowest BCUT2D eigenvalue weighted by Crippen LogP contribution is -2.30. The Balaban J connectivity index is 3.00. The molecule has 106 valence electrons. The van der Waals surface area contributed by atoms with E-state index in [4.69, 9.17) is 5.73 Å². The van der Waals surface area contributed by atoms with Crippen molar-refractivity contribution in [2.45, 2.75) is 19.9 Å². The summed E-state index contributed by atoms with van der Waals surface area (Å²) in [5.41, 5.74) is 7.72. The molecule has 0 saturated carbocycles. The molecule has 0 aliphatic carbocycles. The topological polar surface area (TPSA) is 78.6 Å². The van der Waals surface area contributed by atoms with Crippen molar-refractivity contribution in [1.82, 2.24) is 4.90 Å². The van der Waals surface area contributed by atoms with E-state index < -0.39 is 0 Å². The smallest absolute Gasteiger partial charge is 0.253 e. The molecule has 0 bridgehead atoms. The van der Waals surface area contributed by atoms with Gasteiger partial charge in [0.2, 0.25) is 0 Å². The minimum absolute atomic E-state index is 0.0168. The lowest BCUT2D eigenvalue weighted by Gasteiger charge is -2.22. The molecular formula is C14H23N3O2. The molecule has 0 unspecified atom stereocenters. The van der Waals surface area contributed by atoms with E-state index in [0.29, 0.717) is 16.9 Å². The summed E-state index contributed by atoms with van der Waals surface area (Å²) in [4.78, 5) is 13.4. The van der Waals surface area contributed by atoms with Crippen LogP contribution in [0.4, 0.5) is 11.4 Å². The minimum Gasteiger partial charge on any atom is -0.397 e. The fourth-order valence-electron chi connectivity index (χ4n) is 1.70. The predicted molar refractivity (Wildman–Crippen MR) is 78.2 cm³/mol. The lowest BCUT2D eigenvalue weighted by atomic mass is 10.0. The van der Waals surface area contributed by atoms with Gasteiger partial charge >= 0.3 is 0 Å². The molecule has 0 heterocycles. The van der Waals surface area contributed by atoms with Crippen molar-refractivity contribution in [3.05, 3.63) is 23.8 Å². The summed E-state index contributed by atoms with van der Waals surface area (Å²) in [6.45, 7) is 4.04. The first-order valence-electron chi connectivity index (χ1n) is 6.35. The van der Waals surface area contributed by atoms with Crippen molar-refractivity contribution in [1.29, 1.82) is 0 Å². The van der Waals surface area contributed by atoms with Crippen molar-refractivity contribution in [3.63, 3.8) is 0 Å². The van der Waals surface area contributed by atoms with Gasteiger partial charge in [-0.2, -0.15) is 0 Å². The van der Waals surface area contributed by atoms with Gasteiger partial charge in [-0.05, 0) is 24.1 Å². The molecular weight excluding hydrogens is 242 g/mol. The zero-order valence-corrected chi connectivity index (χ0v) is 12.0. The Morgan fingerprint density at radius 1 is 1.42 bits per heavy atom. The van der Waals surface area contributed by atoms with Crippen molar-refractivity contribution in [2.75, 3.05) is 31.8 Å². The zero-order chi connectivity index (χ0) is 14.6. The first-order chi connectivity index (χ1) is 8.86. The van der Waals surface area contributed by atoms with Gasteiger partial charge < -0.3 is 21.1 Å². The molecule has 0 aliphatic heterocycles. The summed E-state index contributed by atoms with van der Waals surface area (Å²) in [5, 5.41) is 12.5. The van der Waals surface area contributed by atoms with E-state index in [1.165, 1.54) is 4.90 Å². The zero-order valence-electron chi connectivity index (χ0n) is 12.0. The van der Waals surface area contributed by atoms with E-state index in [0.717, 1.165) is 0 Å². The summed E-state index contributed by atoms with van der Waals surface area (Å²) in [6.07, 6.45) is 0. The molecule has 0 spiro atoms. The Morgan fingerprint density at radius 3 is 2.53 bits per heavy atom. The van der Waals surface area contributed by atoms with Crippen LogP contribution in [0.25, 0.3) is 0 Å². The average molecular weight is 265 g/mol. The lowest BCUT2D eigenvalue weighted by molar-refractivity contribution is 0.0827. The number of aliphatic hydroxyl groups excluding tert-OH is 1. The van der Waals surface area contributed by atoms with Gasteiger partial charge in [0.05, 0.1) is 24.0 Å². The number of hydrogen-bond acceptors (Lipinski definition) is 4. The van der Waals surface area contributed by atoms with Crippen LogP contribution < -0.4 is 11.1 Å². The van der Waals surface area contributed by atoms with Crippen LogP contribution in [0.1, 0.15) is 24.2 Å². The van der Waals surface area contributed by atoms with E-state index in [2.05, 4.69) is 5.32 Å². The number of nitrogens with two attached hydrogens (primary N) is 1. The molecule has 5 heteroatoms. The van der Waals surface area contributed by atoms with Crippen molar-refractivity contribution >= 4 is 17.3 Å².